The Hall–Kier alpha value is -2.92. The van der Waals surface area contributed by atoms with E-state index in [0.29, 0.717) is 0 Å². The number of nitrogens with zero attached hydrogens (tertiary/aromatic N) is 2. The number of hydrogen-bond acceptors (Lipinski definition) is 4. The fourth-order valence-corrected chi connectivity index (χ4v) is 3.95. The van der Waals surface area contributed by atoms with Gasteiger partial charge in [0, 0.05) is 13.1 Å². The van der Waals surface area contributed by atoms with Crippen LogP contribution in [-0.4, -0.2) is 30.5 Å². The molecule has 3 aromatic carbocycles. The van der Waals surface area contributed by atoms with Crippen LogP contribution >= 0.6 is 11.8 Å². The van der Waals surface area contributed by atoms with Gasteiger partial charge in [-0.25, -0.2) is 4.99 Å². The van der Waals surface area contributed by atoms with E-state index in [1.165, 1.54) is 22.3 Å². The highest BCUT2D eigenvalue weighted by molar-refractivity contribution is 8.13. The summed E-state index contributed by atoms with van der Waals surface area (Å²) in [7, 11) is 3.38. The molecule has 162 valence electrons. The van der Waals surface area contributed by atoms with Gasteiger partial charge in [0.2, 0.25) is 0 Å². The summed E-state index contributed by atoms with van der Waals surface area (Å²) in [5, 5.41) is 0.985. The maximum absolute atomic E-state index is 5.31. The summed E-state index contributed by atoms with van der Waals surface area (Å²) in [4.78, 5) is 7.35. The zero-order valence-corrected chi connectivity index (χ0v) is 19.7. The first-order chi connectivity index (χ1) is 15.0. The van der Waals surface area contributed by atoms with Crippen molar-refractivity contribution in [1.82, 2.24) is 4.90 Å². The Kier molecular flexibility index (Phi) is 8.01. The topological polar surface area (TPSA) is 34.1 Å². The molecule has 0 aliphatic rings. The van der Waals surface area contributed by atoms with Gasteiger partial charge in [-0.3, -0.25) is 0 Å². The van der Waals surface area contributed by atoms with Crippen molar-refractivity contribution in [3.05, 3.63) is 89.0 Å². The van der Waals surface area contributed by atoms with Crippen LogP contribution in [0.25, 0.3) is 0 Å². The van der Waals surface area contributed by atoms with Crippen molar-refractivity contribution in [2.45, 2.75) is 26.9 Å². The molecule has 0 saturated carbocycles. The standard InChI is InChI=1S/C26H30N2O2S/c1-19-6-15-25(20(2)16-19)27-26(31-5)28(17-21-7-11-23(29-3)12-8-21)18-22-9-13-24(30-4)14-10-22/h6-16H,17-18H2,1-5H3. The molecule has 0 aliphatic carbocycles. The minimum Gasteiger partial charge on any atom is -0.497 e. The Balaban J connectivity index is 1.93. The van der Waals surface area contributed by atoms with E-state index in [0.717, 1.165) is 35.4 Å². The van der Waals surface area contributed by atoms with E-state index >= 15 is 0 Å². The van der Waals surface area contributed by atoms with Crippen molar-refractivity contribution in [3.63, 3.8) is 0 Å². The van der Waals surface area contributed by atoms with Gasteiger partial charge in [-0.2, -0.15) is 0 Å². The number of thioether (sulfide) groups is 1. The zero-order valence-electron chi connectivity index (χ0n) is 18.9. The van der Waals surface area contributed by atoms with Crippen LogP contribution in [0.1, 0.15) is 22.3 Å². The van der Waals surface area contributed by atoms with Crippen LogP contribution in [0.5, 0.6) is 11.5 Å². The van der Waals surface area contributed by atoms with Crippen molar-refractivity contribution < 1.29 is 9.47 Å². The number of benzene rings is 3. The van der Waals surface area contributed by atoms with E-state index in [9.17, 15) is 0 Å². The summed E-state index contributed by atoms with van der Waals surface area (Å²) in [5.74, 6) is 1.72. The van der Waals surface area contributed by atoms with Gasteiger partial charge < -0.3 is 14.4 Å². The lowest BCUT2D eigenvalue weighted by Crippen LogP contribution is -2.27. The van der Waals surface area contributed by atoms with Crippen LogP contribution in [0.3, 0.4) is 0 Å². The molecule has 0 fully saturated rings. The largest absolute Gasteiger partial charge is 0.497 e. The third-order valence-electron chi connectivity index (χ3n) is 5.09. The van der Waals surface area contributed by atoms with E-state index in [2.05, 4.69) is 67.5 Å². The number of aliphatic imine (C=N–C) groups is 1. The van der Waals surface area contributed by atoms with Crippen molar-refractivity contribution in [2.24, 2.45) is 4.99 Å². The fourth-order valence-electron chi connectivity index (χ4n) is 3.37. The lowest BCUT2D eigenvalue weighted by Gasteiger charge is -2.26. The number of amidine groups is 1. The number of hydrogen-bond donors (Lipinski definition) is 0. The molecule has 0 unspecified atom stereocenters. The Morgan fingerprint density at radius 3 is 1.74 bits per heavy atom. The summed E-state index contributed by atoms with van der Waals surface area (Å²) in [6.07, 6.45) is 2.08. The third kappa shape index (κ3) is 6.28. The van der Waals surface area contributed by atoms with Gasteiger partial charge in [0.25, 0.3) is 0 Å². The summed E-state index contributed by atoms with van der Waals surface area (Å²) in [5.41, 5.74) is 5.84. The van der Waals surface area contributed by atoms with E-state index in [1.54, 1.807) is 26.0 Å². The average Bonchev–Trinajstić information content (AvgIpc) is 2.79. The molecule has 0 aromatic heterocycles. The minimum absolute atomic E-state index is 0.751. The van der Waals surface area contributed by atoms with Crippen LogP contribution in [0.15, 0.2) is 71.7 Å². The minimum atomic E-state index is 0.751. The highest BCUT2D eigenvalue weighted by atomic mass is 32.2. The van der Waals surface area contributed by atoms with E-state index in [-0.39, 0.29) is 0 Å². The van der Waals surface area contributed by atoms with Gasteiger partial charge in [0.05, 0.1) is 19.9 Å². The SMILES string of the molecule is COc1ccc(CN(Cc2ccc(OC)cc2)C(=Nc2ccc(C)cc2C)SC)cc1. The van der Waals surface area contributed by atoms with E-state index in [4.69, 9.17) is 14.5 Å². The molecule has 0 radical (unpaired) electrons. The predicted molar refractivity (Wildman–Crippen MR) is 132 cm³/mol. The molecule has 0 heterocycles. The molecular weight excluding hydrogens is 404 g/mol. The van der Waals surface area contributed by atoms with Gasteiger partial charge in [-0.15, -0.1) is 0 Å². The first-order valence-corrected chi connectivity index (χ1v) is 11.5. The second kappa shape index (κ2) is 10.9. The summed E-state index contributed by atoms with van der Waals surface area (Å²) in [6, 6.07) is 22.8. The zero-order chi connectivity index (χ0) is 22.2. The normalized spacial score (nSPS) is 11.3. The maximum Gasteiger partial charge on any atom is 0.164 e. The molecule has 3 aromatic rings. The highest BCUT2D eigenvalue weighted by Gasteiger charge is 2.14. The molecule has 0 amide bonds. The number of aryl methyl sites for hydroxylation is 2. The van der Waals surface area contributed by atoms with Crippen molar-refractivity contribution in [3.8, 4) is 11.5 Å². The maximum atomic E-state index is 5.31. The van der Waals surface area contributed by atoms with Gasteiger partial charge >= 0.3 is 0 Å². The molecule has 4 nitrogen and oxygen atoms in total. The predicted octanol–water partition coefficient (Wildman–Crippen LogP) is 6.37. The molecule has 0 bridgehead atoms. The van der Waals surface area contributed by atoms with Crippen LogP contribution in [0.2, 0.25) is 0 Å². The van der Waals surface area contributed by atoms with Crippen molar-refractivity contribution in [1.29, 1.82) is 0 Å². The summed E-state index contributed by atoms with van der Waals surface area (Å²) < 4.78 is 10.6. The average molecular weight is 435 g/mol. The quantitative estimate of drug-likeness (QED) is 0.319. The Morgan fingerprint density at radius 2 is 1.32 bits per heavy atom. The van der Waals surface area contributed by atoms with E-state index in [1.807, 2.05) is 24.3 Å². The summed E-state index contributed by atoms with van der Waals surface area (Å²) >= 11 is 1.67. The lowest BCUT2D eigenvalue weighted by molar-refractivity contribution is 0.405. The molecule has 0 atom stereocenters. The monoisotopic (exact) mass is 434 g/mol. The van der Waals surface area contributed by atoms with Gasteiger partial charge in [0.1, 0.15) is 11.5 Å². The Bertz CT molecular complexity index is 965. The molecule has 0 N–H and O–H groups in total. The highest BCUT2D eigenvalue weighted by Crippen LogP contribution is 2.25. The third-order valence-corrected chi connectivity index (χ3v) is 5.80. The van der Waals surface area contributed by atoms with Gasteiger partial charge in [-0.1, -0.05) is 53.7 Å². The second-order valence-corrected chi connectivity index (χ2v) is 8.21. The first kappa shape index (κ1) is 22.8. The molecule has 0 aliphatic heterocycles. The number of methoxy groups -OCH3 is 2. The molecular formula is C26H30N2O2S. The van der Waals surface area contributed by atoms with E-state index < -0.39 is 0 Å². The molecule has 0 saturated heterocycles. The Labute approximate surface area is 189 Å². The lowest BCUT2D eigenvalue weighted by atomic mass is 10.1. The fraction of sp³-hybridized carbons (Fsp3) is 0.269. The van der Waals surface area contributed by atoms with Crippen LogP contribution in [0, 0.1) is 13.8 Å². The smallest absolute Gasteiger partial charge is 0.164 e. The molecule has 0 spiro atoms. The van der Waals surface area contributed by atoms with Crippen LogP contribution in [-0.2, 0) is 13.1 Å². The summed E-state index contributed by atoms with van der Waals surface area (Å²) in [6.45, 7) is 5.72. The van der Waals surface area contributed by atoms with Crippen LogP contribution < -0.4 is 9.47 Å². The van der Waals surface area contributed by atoms with Crippen molar-refractivity contribution >= 4 is 22.6 Å². The molecule has 5 heteroatoms. The number of ether oxygens (including phenoxy) is 2. The van der Waals surface area contributed by atoms with Crippen LogP contribution in [0.4, 0.5) is 5.69 Å². The van der Waals surface area contributed by atoms with Crippen molar-refractivity contribution in [2.75, 3.05) is 20.5 Å². The second-order valence-electron chi connectivity index (χ2n) is 7.44. The van der Waals surface area contributed by atoms with Gasteiger partial charge in [-0.05, 0) is 67.1 Å². The van der Waals surface area contributed by atoms with Gasteiger partial charge in [0.15, 0.2) is 5.17 Å². The number of rotatable bonds is 7. The Morgan fingerprint density at radius 1 is 0.806 bits per heavy atom. The first-order valence-electron chi connectivity index (χ1n) is 10.2. The molecule has 3 rings (SSSR count). The molecule has 31 heavy (non-hydrogen) atoms.